The van der Waals surface area contributed by atoms with Crippen molar-refractivity contribution in [3.05, 3.63) is 27.3 Å². The number of likely N-dealkylation sites (N-methyl/N-ethyl adjacent to an activating group) is 1. The predicted octanol–water partition coefficient (Wildman–Crippen LogP) is 2.72. The van der Waals surface area contributed by atoms with Gasteiger partial charge in [0.25, 0.3) is 5.69 Å². The second kappa shape index (κ2) is 4.99. The molecule has 1 aromatic heterocycles. The molecule has 0 spiro atoms. The van der Waals surface area contributed by atoms with Crippen LogP contribution in [0, 0.1) is 17.0 Å². The van der Waals surface area contributed by atoms with Crippen molar-refractivity contribution in [1.82, 2.24) is 4.98 Å². The molecule has 0 amide bonds. The first-order valence-electron chi connectivity index (χ1n) is 6.16. The first-order valence-corrected chi connectivity index (χ1v) is 6.98. The maximum absolute atomic E-state index is 11.3. The lowest BCUT2D eigenvalue weighted by molar-refractivity contribution is -0.384. The summed E-state index contributed by atoms with van der Waals surface area (Å²) >= 11 is 1.43. The highest BCUT2D eigenvalue weighted by Crippen LogP contribution is 2.37. The van der Waals surface area contributed by atoms with Gasteiger partial charge in [-0.05, 0) is 26.8 Å². The lowest BCUT2D eigenvalue weighted by Crippen LogP contribution is -2.44. The summed E-state index contributed by atoms with van der Waals surface area (Å²) in [6.45, 7) is 5.42. The number of nitrogens with zero attached hydrogens (tertiary/aromatic N) is 3. The molecule has 1 N–H and O–H groups in total. The summed E-state index contributed by atoms with van der Waals surface area (Å²) in [5, 5.41) is 21.6. The lowest BCUT2D eigenvalue weighted by atomic mass is 10.0. The molecule has 0 aliphatic carbocycles. The largest absolute Gasteiger partial charge is 0.394 e. The summed E-state index contributed by atoms with van der Waals surface area (Å²) in [6.07, 6.45) is 0. The van der Waals surface area contributed by atoms with Crippen LogP contribution in [0.25, 0.3) is 10.2 Å². The third-order valence-corrected chi connectivity index (χ3v) is 4.38. The number of hydrogen-bond donors (Lipinski definition) is 1. The monoisotopic (exact) mass is 295 g/mol. The van der Waals surface area contributed by atoms with Gasteiger partial charge in [-0.2, -0.15) is 0 Å². The van der Waals surface area contributed by atoms with E-state index < -0.39 is 10.5 Å². The second-order valence-corrected chi connectivity index (χ2v) is 6.56. The smallest absolute Gasteiger partial charge is 0.294 e. The van der Waals surface area contributed by atoms with Gasteiger partial charge in [0.05, 0.1) is 32.3 Å². The highest BCUT2D eigenvalue weighted by molar-refractivity contribution is 7.18. The molecular weight excluding hydrogens is 278 g/mol. The molecule has 108 valence electrons. The van der Waals surface area contributed by atoms with Gasteiger partial charge in [-0.25, -0.2) is 4.98 Å². The SMILES string of the molecule is Cc1nc2cc(N(C)C(C)(C)CO)c([N+](=O)[O-])cc2s1. The van der Waals surface area contributed by atoms with Gasteiger partial charge in [-0.3, -0.25) is 10.1 Å². The number of thiazole rings is 1. The van der Waals surface area contributed by atoms with Gasteiger partial charge in [0.1, 0.15) is 5.69 Å². The van der Waals surface area contributed by atoms with Gasteiger partial charge in [0.2, 0.25) is 0 Å². The van der Waals surface area contributed by atoms with Crippen molar-refractivity contribution in [3.8, 4) is 0 Å². The first kappa shape index (κ1) is 14.7. The molecule has 7 heteroatoms. The summed E-state index contributed by atoms with van der Waals surface area (Å²) in [4.78, 5) is 17.0. The lowest BCUT2D eigenvalue weighted by Gasteiger charge is -2.35. The van der Waals surface area contributed by atoms with Crippen LogP contribution in [0.1, 0.15) is 18.9 Å². The number of aliphatic hydroxyl groups excluding tert-OH is 1. The molecule has 0 radical (unpaired) electrons. The Morgan fingerprint density at radius 2 is 2.15 bits per heavy atom. The molecule has 0 bridgehead atoms. The van der Waals surface area contributed by atoms with Gasteiger partial charge < -0.3 is 10.0 Å². The summed E-state index contributed by atoms with van der Waals surface area (Å²) < 4.78 is 0.799. The van der Waals surface area contributed by atoms with Crippen LogP contribution in [0.4, 0.5) is 11.4 Å². The van der Waals surface area contributed by atoms with Gasteiger partial charge in [-0.15, -0.1) is 11.3 Å². The maximum Gasteiger partial charge on any atom is 0.294 e. The Labute approximate surface area is 120 Å². The number of anilines is 1. The van der Waals surface area contributed by atoms with Crippen molar-refractivity contribution in [2.75, 3.05) is 18.6 Å². The molecule has 2 rings (SSSR count). The number of hydrogen-bond acceptors (Lipinski definition) is 6. The molecule has 0 atom stereocenters. The van der Waals surface area contributed by atoms with Crippen LogP contribution in [0.2, 0.25) is 0 Å². The Morgan fingerprint density at radius 1 is 1.50 bits per heavy atom. The Hall–Kier alpha value is -1.73. The second-order valence-electron chi connectivity index (χ2n) is 5.33. The highest BCUT2D eigenvalue weighted by atomic mass is 32.1. The van der Waals surface area contributed by atoms with Gasteiger partial charge in [0.15, 0.2) is 0 Å². The van der Waals surface area contributed by atoms with Crippen molar-refractivity contribution < 1.29 is 10.0 Å². The van der Waals surface area contributed by atoms with Crippen molar-refractivity contribution >= 4 is 32.9 Å². The zero-order valence-electron chi connectivity index (χ0n) is 11.9. The minimum absolute atomic E-state index is 0.0326. The molecule has 1 aromatic carbocycles. The molecular formula is C13H17N3O3S. The van der Waals surface area contributed by atoms with Crippen LogP contribution in [0.15, 0.2) is 12.1 Å². The Kier molecular flexibility index (Phi) is 3.66. The fourth-order valence-electron chi connectivity index (χ4n) is 1.91. The highest BCUT2D eigenvalue weighted by Gasteiger charge is 2.29. The minimum Gasteiger partial charge on any atom is -0.394 e. The molecule has 0 aliphatic heterocycles. The van der Waals surface area contributed by atoms with E-state index in [1.165, 1.54) is 11.3 Å². The Balaban J connectivity index is 2.66. The third-order valence-electron chi connectivity index (χ3n) is 3.44. The van der Waals surface area contributed by atoms with E-state index in [-0.39, 0.29) is 12.3 Å². The van der Waals surface area contributed by atoms with Crippen LogP contribution in [-0.4, -0.2) is 34.2 Å². The number of benzene rings is 1. The van der Waals surface area contributed by atoms with E-state index in [1.54, 1.807) is 24.1 Å². The molecule has 2 aromatic rings. The van der Waals surface area contributed by atoms with Crippen LogP contribution in [-0.2, 0) is 0 Å². The average molecular weight is 295 g/mol. The van der Waals surface area contributed by atoms with Gasteiger partial charge in [-0.1, -0.05) is 0 Å². The number of aromatic nitrogens is 1. The summed E-state index contributed by atoms with van der Waals surface area (Å²) in [6, 6.07) is 3.27. The Morgan fingerprint density at radius 3 is 2.70 bits per heavy atom. The maximum atomic E-state index is 11.3. The fraction of sp³-hybridized carbons (Fsp3) is 0.462. The van der Waals surface area contributed by atoms with E-state index >= 15 is 0 Å². The van der Waals surface area contributed by atoms with Gasteiger partial charge in [0, 0.05) is 13.1 Å². The molecule has 20 heavy (non-hydrogen) atoms. The first-order chi connectivity index (χ1) is 9.26. The molecule has 0 unspecified atom stereocenters. The molecule has 0 aliphatic rings. The third kappa shape index (κ3) is 2.46. The minimum atomic E-state index is -0.594. The molecule has 0 saturated heterocycles. The molecule has 0 fully saturated rings. The predicted molar refractivity (Wildman–Crippen MR) is 80.6 cm³/mol. The summed E-state index contributed by atoms with van der Waals surface area (Å²) in [7, 11) is 1.74. The zero-order chi connectivity index (χ0) is 15.1. The Bertz CT molecular complexity index is 666. The van der Waals surface area contributed by atoms with E-state index in [4.69, 9.17) is 0 Å². The quantitative estimate of drug-likeness (QED) is 0.693. The number of fused-ring (bicyclic) bond motifs is 1. The van der Waals surface area contributed by atoms with Crippen molar-refractivity contribution in [2.45, 2.75) is 26.3 Å². The van der Waals surface area contributed by atoms with Crippen molar-refractivity contribution in [3.63, 3.8) is 0 Å². The van der Waals surface area contributed by atoms with Crippen LogP contribution in [0.5, 0.6) is 0 Å². The number of rotatable bonds is 4. The normalized spacial score (nSPS) is 11.8. The zero-order valence-corrected chi connectivity index (χ0v) is 12.7. The number of nitro groups is 1. The summed E-state index contributed by atoms with van der Waals surface area (Å²) in [5.41, 5.74) is 0.648. The summed E-state index contributed by atoms with van der Waals surface area (Å²) in [5.74, 6) is 0. The topological polar surface area (TPSA) is 79.5 Å². The van der Waals surface area contributed by atoms with Crippen LogP contribution in [0.3, 0.4) is 0 Å². The van der Waals surface area contributed by atoms with Crippen molar-refractivity contribution in [2.24, 2.45) is 0 Å². The van der Waals surface area contributed by atoms with Gasteiger partial charge >= 0.3 is 0 Å². The van der Waals surface area contributed by atoms with Crippen molar-refractivity contribution in [1.29, 1.82) is 0 Å². The number of aliphatic hydroxyl groups is 1. The van der Waals surface area contributed by atoms with Crippen LogP contribution < -0.4 is 4.90 Å². The standard InChI is InChI=1S/C13H17N3O3S/c1-8-14-9-5-10(15(4)13(2,3)7-17)11(16(18)19)6-12(9)20-8/h5-6,17H,7H2,1-4H3. The number of aryl methyl sites for hydroxylation is 1. The molecule has 0 saturated carbocycles. The van der Waals surface area contributed by atoms with E-state index in [0.717, 1.165) is 15.2 Å². The van der Waals surface area contributed by atoms with E-state index in [9.17, 15) is 15.2 Å². The average Bonchev–Trinajstić information content (AvgIpc) is 2.75. The molecule has 1 heterocycles. The van der Waals surface area contributed by atoms with E-state index in [0.29, 0.717) is 5.69 Å². The fourth-order valence-corrected chi connectivity index (χ4v) is 2.76. The number of nitro benzene ring substituents is 1. The molecule has 6 nitrogen and oxygen atoms in total. The van der Waals surface area contributed by atoms with Crippen LogP contribution >= 0.6 is 11.3 Å². The van der Waals surface area contributed by atoms with E-state index in [2.05, 4.69) is 4.98 Å². The van der Waals surface area contributed by atoms with E-state index in [1.807, 2.05) is 20.8 Å².